The molecule has 0 saturated heterocycles. The van der Waals surface area contributed by atoms with E-state index in [0.717, 1.165) is 16.9 Å². The number of fused-ring (bicyclic) bond motifs is 1. The van der Waals surface area contributed by atoms with E-state index in [1.54, 1.807) is 20.2 Å². The highest BCUT2D eigenvalue weighted by atomic mass is 16.2. The van der Waals surface area contributed by atoms with E-state index in [1.165, 1.54) is 4.90 Å². The van der Waals surface area contributed by atoms with Crippen molar-refractivity contribution in [3.63, 3.8) is 0 Å². The van der Waals surface area contributed by atoms with Gasteiger partial charge >= 0.3 is 0 Å². The molecule has 0 aliphatic carbocycles. The van der Waals surface area contributed by atoms with Gasteiger partial charge in [0.05, 0.1) is 17.9 Å². The number of nitrogens with one attached hydrogen (secondary N) is 2. The summed E-state index contributed by atoms with van der Waals surface area (Å²) in [6, 6.07) is 3.63. The fourth-order valence-electron chi connectivity index (χ4n) is 1.93. The molecular weight excluding hydrogens is 244 g/mol. The van der Waals surface area contributed by atoms with Crippen molar-refractivity contribution in [3.8, 4) is 0 Å². The summed E-state index contributed by atoms with van der Waals surface area (Å²) in [4.78, 5) is 24.3. The van der Waals surface area contributed by atoms with E-state index in [1.807, 2.05) is 6.07 Å². The first-order valence-electron chi connectivity index (χ1n) is 6.13. The Morgan fingerprint density at radius 3 is 2.84 bits per heavy atom. The number of nitrogen functional groups attached to an aromatic ring is 1. The molecule has 0 saturated carbocycles. The molecule has 0 fully saturated rings. The topological polar surface area (TPSA) is 87.5 Å². The standard InChI is InChI=1S/C13H18N4O2/c1-17(2)13(19)7-15-11-5-8-3-4-12(18)16-10(8)6-9(11)14/h5-6,15H,3-4,7,14H2,1-2H3,(H,16,18). The first-order valence-corrected chi connectivity index (χ1v) is 6.13. The van der Waals surface area contributed by atoms with Crippen LogP contribution in [0.5, 0.6) is 0 Å². The van der Waals surface area contributed by atoms with Crippen LogP contribution in [0.3, 0.4) is 0 Å². The van der Waals surface area contributed by atoms with Crippen LogP contribution in [0, 0.1) is 0 Å². The Morgan fingerprint density at radius 2 is 2.16 bits per heavy atom. The van der Waals surface area contributed by atoms with Gasteiger partial charge in [0.2, 0.25) is 11.8 Å². The molecule has 19 heavy (non-hydrogen) atoms. The zero-order valence-corrected chi connectivity index (χ0v) is 11.1. The number of nitrogens with zero attached hydrogens (tertiary/aromatic N) is 1. The van der Waals surface area contributed by atoms with Gasteiger partial charge in [0.25, 0.3) is 0 Å². The molecule has 2 rings (SSSR count). The molecule has 0 spiro atoms. The molecule has 0 unspecified atom stereocenters. The third kappa shape index (κ3) is 2.96. The minimum absolute atomic E-state index is 0.00962. The van der Waals surface area contributed by atoms with E-state index in [9.17, 15) is 9.59 Å². The number of rotatable bonds is 3. The number of amides is 2. The summed E-state index contributed by atoms with van der Waals surface area (Å²) in [6.45, 7) is 0.197. The van der Waals surface area contributed by atoms with Gasteiger partial charge in [-0.3, -0.25) is 9.59 Å². The molecule has 1 aliphatic rings. The number of aryl methyl sites for hydroxylation is 1. The summed E-state index contributed by atoms with van der Waals surface area (Å²) in [7, 11) is 3.41. The van der Waals surface area contributed by atoms with Crippen molar-refractivity contribution in [2.75, 3.05) is 37.0 Å². The lowest BCUT2D eigenvalue weighted by molar-refractivity contribution is -0.126. The first-order chi connectivity index (χ1) is 8.97. The maximum absolute atomic E-state index is 11.5. The second kappa shape index (κ2) is 5.17. The molecule has 4 N–H and O–H groups in total. The van der Waals surface area contributed by atoms with Gasteiger partial charge in [0, 0.05) is 26.2 Å². The van der Waals surface area contributed by atoms with Crippen LogP contribution in [0.25, 0.3) is 0 Å². The van der Waals surface area contributed by atoms with E-state index in [0.29, 0.717) is 18.5 Å². The van der Waals surface area contributed by atoms with Crippen LogP contribution in [-0.4, -0.2) is 37.4 Å². The lowest BCUT2D eigenvalue weighted by Crippen LogP contribution is -2.29. The number of anilines is 3. The van der Waals surface area contributed by atoms with Gasteiger partial charge in [0.1, 0.15) is 0 Å². The van der Waals surface area contributed by atoms with Gasteiger partial charge in [0.15, 0.2) is 0 Å². The molecule has 0 bridgehead atoms. The molecule has 1 aliphatic heterocycles. The number of benzene rings is 1. The van der Waals surface area contributed by atoms with Crippen molar-refractivity contribution >= 4 is 28.9 Å². The van der Waals surface area contributed by atoms with Crippen LogP contribution in [0.15, 0.2) is 12.1 Å². The van der Waals surface area contributed by atoms with E-state index < -0.39 is 0 Å². The predicted molar refractivity (Wildman–Crippen MR) is 75.0 cm³/mol. The molecule has 1 heterocycles. The number of carbonyl (C=O) groups excluding carboxylic acids is 2. The first kappa shape index (κ1) is 13.2. The van der Waals surface area contributed by atoms with Gasteiger partial charge in [-0.05, 0) is 24.1 Å². The average molecular weight is 262 g/mol. The van der Waals surface area contributed by atoms with Gasteiger partial charge in [-0.2, -0.15) is 0 Å². The summed E-state index contributed by atoms with van der Waals surface area (Å²) in [5, 5.41) is 5.82. The van der Waals surface area contributed by atoms with Crippen molar-refractivity contribution in [2.24, 2.45) is 0 Å². The Balaban J connectivity index is 2.14. The third-order valence-electron chi connectivity index (χ3n) is 3.10. The van der Waals surface area contributed by atoms with Gasteiger partial charge in [-0.15, -0.1) is 0 Å². The van der Waals surface area contributed by atoms with Crippen LogP contribution < -0.4 is 16.4 Å². The molecule has 6 heteroatoms. The van der Waals surface area contributed by atoms with Crippen LogP contribution in [0.2, 0.25) is 0 Å². The van der Waals surface area contributed by atoms with E-state index in [2.05, 4.69) is 10.6 Å². The highest BCUT2D eigenvalue weighted by molar-refractivity contribution is 5.95. The summed E-state index contributed by atoms with van der Waals surface area (Å²) >= 11 is 0. The molecular formula is C13H18N4O2. The smallest absolute Gasteiger partial charge is 0.241 e. The second-order valence-corrected chi connectivity index (χ2v) is 4.79. The Bertz CT molecular complexity index is 526. The van der Waals surface area contributed by atoms with Gasteiger partial charge < -0.3 is 21.3 Å². The Kier molecular flexibility index (Phi) is 3.59. The van der Waals surface area contributed by atoms with Gasteiger partial charge in [-0.25, -0.2) is 0 Å². The molecule has 6 nitrogen and oxygen atoms in total. The Labute approximate surface area is 112 Å². The summed E-state index contributed by atoms with van der Waals surface area (Å²) in [5.41, 5.74) is 8.96. The molecule has 1 aromatic carbocycles. The molecule has 0 aromatic heterocycles. The van der Waals surface area contributed by atoms with Crippen molar-refractivity contribution in [1.82, 2.24) is 4.90 Å². The van der Waals surface area contributed by atoms with Crippen molar-refractivity contribution in [3.05, 3.63) is 17.7 Å². The van der Waals surface area contributed by atoms with E-state index >= 15 is 0 Å². The Morgan fingerprint density at radius 1 is 1.42 bits per heavy atom. The van der Waals surface area contributed by atoms with Crippen LogP contribution in [-0.2, 0) is 16.0 Å². The molecule has 102 valence electrons. The normalized spacial score (nSPS) is 13.5. The molecule has 1 aromatic rings. The number of hydrogen-bond acceptors (Lipinski definition) is 4. The third-order valence-corrected chi connectivity index (χ3v) is 3.10. The molecule has 0 radical (unpaired) electrons. The minimum Gasteiger partial charge on any atom is -0.397 e. The van der Waals surface area contributed by atoms with E-state index in [4.69, 9.17) is 5.73 Å². The van der Waals surface area contributed by atoms with E-state index in [-0.39, 0.29) is 18.4 Å². The number of likely N-dealkylation sites (N-methyl/N-ethyl adjacent to an activating group) is 1. The second-order valence-electron chi connectivity index (χ2n) is 4.79. The average Bonchev–Trinajstić information content (AvgIpc) is 2.35. The highest BCUT2D eigenvalue weighted by Gasteiger charge is 2.17. The molecule has 0 atom stereocenters. The van der Waals surface area contributed by atoms with Crippen LogP contribution >= 0.6 is 0 Å². The SMILES string of the molecule is CN(C)C(=O)CNc1cc2c(cc1N)NC(=O)CC2. The fourth-order valence-corrected chi connectivity index (χ4v) is 1.93. The van der Waals surface area contributed by atoms with Crippen molar-refractivity contribution in [2.45, 2.75) is 12.8 Å². The maximum atomic E-state index is 11.5. The lowest BCUT2D eigenvalue weighted by atomic mass is 10.0. The predicted octanol–water partition coefficient (Wildman–Crippen LogP) is 0.654. The fraction of sp³-hybridized carbons (Fsp3) is 0.385. The van der Waals surface area contributed by atoms with Crippen molar-refractivity contribution in [1.29, 1.82) is 0 Å². The minimum atomic E-state index is -0.0228. The van der Waals surface area contributed by atoms with Gasteiger partial charge in [-0.1, -0.05) is 0 Å². The highest BCUT2D eigenvalue weighted by Crippen LogP contribution is 2.30. The zero-order valence-electron chi connectivity index (χ0n) is 11.1. The monoisotopic (exact) mass is 262 g/mol. The lowest BCUT2D eigenvalue weighted by Gasteiger charge is -2.20. The molecule has 2 amide bonds. The quantitative estimate of drug-likeness (QED) is 0.698. The Hall–Kier alpha value is -2.24. The summed E-state index contributed by atoms with van der Waals surface area (Å²) < 4.78 is 0. The largest absolute Gasteiger partial charge is 0.397 e. The van der Waals surface area contributed by atoms with Crippen molar-refractivity contribution < 1.29 is 9.59 Å². The number of hydrogen-bond donors (Lipinski definition) is 3. The van der Waals surface area contributed by atoms with Crippen LogP contribution in [0.4, 0.5) is 17.1 Å². The number of carbonyl (C=O) groups is 2. The van der Waals surface area contributed by atoms with Crippen LogP contribution in [0.1, 0.15) is 12.0 Å². The number of nitrogens with two attached hydrogens (primary N) is 1. The zero-order chi connectivity index (χ0) is 14.0. The maximum Gasteiger partial charge on any atom is 0.241 e. The summed E-state index contributed by atoms with van der Waals surface area (Å²) in [5.74, 6) is -0.0131. The summed E-state index contributed by atoms with van der Waals surface area (Å²) in [6.07, 6.45) is 1.17.